The summed E-state index contributed by atoms with van der Waals surface area (Å²) in [6, 6.07) is 11.1. The molecule has 19 heavy (non-hydrogen) atoms. The molecule has 0 amide bonds. The highest BCUT2D eigenvalue weighted by Gasteiger charge is 2.30. The third-order valence-corrected chi connectivity index (χ3v) is 3.02. The molecule has 0 spiro atoms. The van der Waals surface area contributed by atoms with Crippen LogP contribution in [0.15, 0.2) is 48.8 Å². The molecule has 0 bridgehead atoms. The fraction of sp³-hybridized carbons (Fsp3) is 0.143. The summed E-state index contributed by atoms with van der Waals surface area (Å²) in [6.45, 7) is 0.274. The van der Waals surface area contributed by atoms with Gasteiger partial charge in [0.2, 0.25) is 6.10 Å². The number of hydrogen-bond donors (Lipinski definition) is 1. The van der Waals surface area contributed by atoms with Gasteiger partial charge in [-0.25, -0.2) is 4.79 Å². The SMILES string of the molecule is O=C(O)C1CN(c2ccncc2)c2ccccc2O1. The number of fused-ring (bicyclic) bond motifs is 1. The molecule has 1 atom stereocenters. The summed E-state index contributed by atoms with van der Waals surface area (Å²) in [5.74, 6) is -0.383. The Balaban J connectivity index is 2.06. The normalized spacial score (nSPS) is 17.5. The van der Waals surface area contributed by atoms with Gasteiger partial charge in [0.15, 0.2) is 0 Å². The Kier molecular flexibility index (Phi) is 2.79. The number of benzene rings is 1. The van der Waals surface area contributed by atoms with Crippen molar-refractivity contribution in [3.05, 3.63) is 48.8 Å². The third kappa shape index (κ3) is 2.10. The molecule has 1 aliphatic rings. The lowest BCUT2D eigenvalue weighted by molar-refractivity contribution is -0.144. The summed E-state index contributed by atoms with van der Waals surface area (Å²) in [7, 11) is 0. The zero-order chi connectivity index (χ0) is 13.2. The predicted octanol–water partition coefficient (Wildman–Crippen LogP) is 2.07. The number of para-hydroxylation sites is 2. The van der Waals surface area contributed by atoms with Gasteiger partial charge in [0.1, 0.15) is 5.75 Å². The van der Waals surface area contributed by atoms with Crippen molar-refractivity contribution in [1.29, 1.82) is 0 Å². The van der Waals surface area contributed by atoms with Crippen molar-refractivity contribution in [2.75, 3.05) is 11.4 Å². The molecule has 0 fully saturated rings. The smallest absolute Gasteiger partial charge is 0.346 e. The van der Waals surface area contributed by atoms with E-state index in [-0.39, 0.29) is 6.54 Å². The zero-order valence-corrected chi connectivity index (χ0v) is 10.1. The third-order valence-electron chi connectivity index (χ3n) is 3.02. The minimum atomic E-state index is -0.964. The van der Waals surface area contributed by atoms with E-state index in [4.69, 9.17) is 9.84 Å². The minimum absolute atomic E-state index is 0.274. The summed E-state index contributed by atoms with van der Waals surface area (Å²) >= 11 is 0. The Morgan fingerprint density at radius 2 is 2.00 bits per heavy atom. The molecular formula is C14H12N2O3. The number of rotatable bonds is 2. The molecule has 1 aliphatic heterocycles. The number of carboxylic acids is 1. The van der Waals surface area contributed by atoms with Crippen molar-refractivity contribution in [3.8, 4) is 5.75 Å². The first-order valence-electron chi connectivity index (χ1n) is 5.92. The summed E-state index contributed by atoms with van der Waals surface area (Å²) in [5, 5.41) is 9.16. The second-order valence-electron chi connectivity index (χ2n) is 4.23. The van der Waals surface area contributed by atoms with Gasteiger partial charge in [-0.2, -0.15) is 0 Å². The van der Waals surface area contributed by atoms with Gasteiger partial charge in [-0.1, -0.05) is 12.1 Å². The van der Waals surface area contributed by atoms with Gasteiger partial charge in [-0.05, 0) is 24.3 Å². The van der Waals surface area contributed by atoms with Crippen molar-refractivity contribution >= 4 is 17.3 Å². The summed E-state index contributed by atoms with van der Waals surface area (Å²) in [5.41, 5.74) is 1.77. The van der Waals surface area contributed by atoms with Crippen LogP contribution in [-0.2, 0) is 4.79 Å². The Morgan fingerprint density at radius 3 is 2.74 bits per heavy atom. The van der Waals surface area contributed by atoms with Crippen LogP contribution in [-0.4, -0.2) is 28.7 Å². The van der Waals surface area contributed by atoms with Crippen molar-refractivity contribution < 1.29 is 14.6 Å². The Bertz CT molecular complexity index is 601. The highest BCUT2D eigenvalue weighted by molar-refractivity contribution is 5.79. The van der Waals surface area contributed by atoms with Gasteiger partial charge in [0.05, 0.1) is 12.2 Å². The molecule has 3 rings (SSSR count). The second-order valence-corrected chi connectivity index (χ2v) is 4.23. The molecule has 0 saturated heterocycles. The first-order chi connectivity index (χ1) is 9.25. The van der Waals surface area contributed by atoms with E-state index in [9.17, 15) is 4.79 Å². The van der Waals surface area contributed by atoms with Crippen LogP contribution in [0, 0.1) is 0 Å². The quantitative estimate of drug-likeness (QED) is 0.891. The average Bonchev–Trinajstić information content (AvgIpc) is 2.47. The summed E-state index contributed by atoms with van der Waals surface area (Å²) in [6.07, 6.45) is 2.50. The molecule has 5 heteroatoms. The fourth-order valence-corrected chi connectivity index (χ4v) is 2.13. The van der Waals surface area contributed by atoms with E-state index < -0.39 is 12.1 Å². The van der Waals surface area contributed by atoms with Gasteiger partial charge in [-0.15, -0.1) is 0 Å². The number of ether oxygens (including phenoxy) is 1. The maximum Gasteiger partial charge on any atom is 0.346 e. The number of anilines is 2. The number of nitrogens with zero attached hydrogens (tertiary/aromatic N) is 2. The molecule has 2 aromatic rings. The number of carbonyl (C=O) groups is 1. The number of hydrogen-bond acceptors (Lipinski definition) is 4. The van der Waals surface area contributed by atoms with Crippen LogP contribution in [0.5, 0.6) is 5.75 Å². The number of aliphatic carboxylic acids is 1. The number of aromatic nitrogens is 1. The van der Waals surface area contributed by atoms with Crippen LogP contribution in [0.2, 0.25) is 0 Å². The Labute approximate surface area is 110 Å². The van der Waals surface area contributed by atoms with Crippen LogP contribution in [0.3, 0.4) is 0 Å². The molecule has 1 unspecified atom stereocenters. The van der Waals surface area contributed by atoms with Crippen LogP contribution in [0.4, 0.5) is 11.4 Å². The van der Waals surface area contributed by atoms with Crippen molar-refractivity contribution in [3.63, 3.8) is 0 Å². The molecule has 0 aliphatic carbocycles. The molecule has 0 radical (unpaired) electrons. The highest BCUT2D eigenvalue weighted by Crippen LogP contribution is 2.37. The lowest BCUT2D eigenvalue weighted by Gasteiger charge is -2.34. The van der Waals surface area contributed by atoms with Crippen molar-refractivity contribution in [2.24, 2.45) is 0 Å². The largest absolute Gasteiger partial charge is 0.478 e. The first-order valence-corrected chi connectivity index (χ1v) is 5.92. The van der Waals surface area contributed by atoms with Gasteiger partial charge in [-0.3, -0.25) is 4.98 Å². The second kappa shape index (κ2) is 4.61. The van der Waals surface area contributed by atoms with E-state index in [0.29, 0.717) is 5.75 Å². The number of pyridine rings is 1. The van der Waals surface area contributed by atoms with Crippen molar-refractivity contribution in [1.82, 2.24) is 4.98 Å². The first kappa shape index (κ1) is 11.5. The van der Waals surface area contributed by atoms with Crippen LogP contribution >= 0.6 is 0 Å². The standard InChI is InChI=1S/C14H12N2O3/c17-14(18)13-9-16(10-5-7-15-8-6-10)11-3-1-2-4-12(11)19-13/h1-8,13H,9H2,(H,17,18). The maximum atomic E-state index is 11.2. The van der Waals surface area contributed by atoms with E-state index in [1.54, 1.807) is 18.5 Å². The molecule has 96 valence electrons. The topological polar surface area (TPSA) is 62.7 Å². The predicted molar refractivity (Wildman–Crippen MR) is 69.7 cm³/mol. The van der Waals surface area contributed by atoms with E-state index in [0.717, 1.165) is 11.4 Å². The van der Waals surface area contributed by atoms with Gasteiger partial charge in [0.25, 0.3) is 0 Å². The van der Waals surface area contributed by atoms with Gasteiger partial charge < -0.3 is 14.7 Å². The fourth-order valence-electron chi connectivity index (χ4n) is 2.13. The van der Waals surface area contributed by atoms with E-state index in [1.165, 1.54) is 0 Å². The Morgan fingerprint density at radius 1 is 1.26 bits per heavy atom. The van der Waals surface area contributed by atoms with Crippen LogP contribution in [0.1, 0.15) is 0 Å². The molecule has 1 aromatic carbocycles. The molecule has 1 N–H and O–H groups in total. The lowest BCUT2D eigenvalue weighted by Crippen LogP contribution is -2.42. The Hall–Kier alpha value is -2.56. The molecule has 2 heterocycles. The minimum Gasteiger partial charge on any atom is -0.478 e. The van der Waals surface area contributed by atoms with Gasteiger partial charge in [0, 0.05) is 18.1 Å². The molecule has 5 nitrogen and oxygen atoms in total. The van der Waals surface area contributed by atoms with Crippen LogP contribution < -0.4 is 9.64 Å². The van der Waals surface area contributed by atoms with Crippen LogP contribution in [0.25, 0.3) is 0 Å². The van der Waals surface area contributed by atoms with E-state index in [2.05, 4.69) is 4.98 Å². The van der Waals surface area contributed by atoms with E-state index >= 15 is 0 Å². The molecule has 1 aromatic heterocycles. The van der Waals surface area contributed by atoms with E-state index in [1.807, 2.05) is 35.2 Å². The summed E-state index contributed by atoms with van der Waals surface area (Å²) in [4.78, 5) is 17.1. The molecule has 0 saturated carbocycles. The lowest BCUT2D eigenvalue weighted by atomic mass is 10.1. The maximum absolute atomic E-state index is 11.2. The zero-order valence-electron chi connectivity index (χ0n) is 10.1. The number of carboxylic acid groups (broad SMARTS) is 1. The van der Waals surface area contributed by atoms with Gasteiger partial charge >= 0.3 is 5.97 Å². The highest BCUT2D eigenvalue weighted by atomic mass is 16.5. The summed E-state index contributed by atoms with van der Waals surface area (Å²) < 4.78 is 5.49. The average molecular weight is 256 g/mol. The monoisotopic (exact) mass is 256 g/mol. The molecular weight excluding hydrogens is 244 g/mol. The van der Waals surface area contributed by atoms with Crippen molar-refractivity contribution in [2.45, 2.75) is 6.10 Å².